The summed E-state index contributed by atoms with van der Waals surface area (Å²) in [6.07, 6.45) is 1.05. The van der Waals surface area contributed by atoms with Crippen molar-refractivity contribution >= 4 is 23.4 Å². The van der Waals surface area contributed by atoms with Crippen molar-refractivity contribution in [3.8, 4) is 0 Å². The van der Waals surface area contributed by atoms with Crippen LogP contribution in [-0.2, 0) is 9.53 Å². The van der Waals surface area contributed by atoms with Gasteiger partial charge in [-0.2, -0.15) is 0 Å². The highest BCUT2D eigenvalue weighted by atomic mass is 32.2. The molecule has 18 heavy (non-hydrogen) atoms. The van der Waals surface area contributed by atoms with Crippen LogP contribution in [0.3, 0.4) is 0 Å². The summed E-state index contributed by atoms with van der Waals surface area (Å²) < 4.78 is 4.97. The van der Waals surface area contributed by atoms with Crippen LogP contribution in [0, 0.1) is 17.0 Å². The van der Waals surface area contributed by atoms with Crippen molar-refractivity contribution in [2.45, 2.75) is 31.9 Å². The van der Waals surface area contributed by atoms with Gasteiger partial charge in [-0.25, -0.2) is 4.98 Å². The van der Waals surface area contributed by atoms with Gasteiger partial charge in [-0.15, -0.1) is 0 Å². The highest BCUT2D eigenvalue weighted by Gasteiger charge is 2.13. The summed E-state index contributed by atoms with van der Waals surface area (Å²) in [5.41, 5.74) is 0.499. The molecular formula is C11H14N2O4S. The summed E-state index contributed by atoms with van der Waals surface area (Å²) in [6, 6.07) is 1.59. The molecule has 0 radical (unpaired) electrons. The van der Waals surface area contributed by atoms with Crippen LogP contribution >= 0.6 is 11.8 Å². The van der Waals surface area contributed by atoms with Gasteiger partial charge in [-0.05, 0) is 26.8 Å². The third-order valence-corrected chi connectivity index (χ3v) is 2.86. The SMILES string of the molecule is Cc1cc(SCC(=O)OC(C)C)ncc1[N+](=O)[O-]. The summed E-state index contributed by atoms with van der Waals surface area (Å²) >= 11 is 1.20. The van der Waals surface area contributed by atoms with E-state index in [-0.39, 0.29) is 23.5 Å². The average molecular weight is 270 g/mol. The van der Waals surface area contributed by atoms with E-state index in [2.05, 4.69) is 4.98 Å². The molecular weight excluding hydrogens is 256 g/mol. The van der Waals surface area contributed by atoms with E-state index in [0.717, 1.165) is 0 Å². The molecule has 0 aliphatic heterocycles. The predicted octanol–water partition coefficient (Wildman–Crippen LogP) is 2.34. The third kappa shape index (κ3) is 4.33. The molecule has 0 fully saturated rings. The van der Waals surface area contributed by atoms with Crippen LogP contribution in [0.25, 0.3) is 0 Å². The van der Waals surface area contributed by atoms with Crippen molar-refractivity contribution in [3.05, 3.63) is 27.9 Å². The number of ether oxygens (including phenoxy) is 1. The molecule has 0 aromatic carbocycles. The minimum atomic E-state index is -0.482. The number of rotatable bonds is 5. The second-order valence-corrected chi connectivity index (χ2v) is 4.89. The number of aromatic nitrogens is 1. The highest BCUT2D eigenvalue weighted by molar-refractivity contribution is 7.99. The minimum Gasteiger partial charge on any atom is -0.462 e. The summed E-state index contributed by atoms with van der Waals surface area (Å²) in [4.78, 5) is 25.4. The fourth-order valence-electron chi connectivity index (χ4n) is 1.22. The monoisotopic (exact) mass is 270 g/mol. The van der Waals surface area contributed by atoms with Gasteiger partial charge >= 0.3 is 5.97 Å². The van der Waals surface area contributed by atoms with E-state index in [1.165, 1.54) is 18.0 Å². The number of nitrogens with zero attached hydrogens (tertiary/aromatic N) is 2. The van der Waals surface area contributed by atoms with Crippen molar-refractivity contribution in [3.63, 3.8) is 0 Å². The van der Waals surface area contributed by atoms with E-state index in [1.807, 2.05) is 0 Å². The van der Waals surface area contributed by atoms with E-state index < -0.39 is 4.92 Å². The lowest BCUT2D eigenvalue weighted by molar-refractivity contribution is -0.385. The number of aryl methyl sites for hydroxylation is 1. The Labute approximate surface area is 109 Å². The molecule has 0 saturated carbocycles. The second kappa shape index (κ2) is 6.34. The van der Waals surface area contributed by atoms with Gasteiger partial charge in [0, 0.05) is 5.56 Å². The van der Waals surface area contributed by atoms with Gasteiger partial charge in [0.25, 0.3) is 5.69 Å². The smallest absolute Gasteiger partial charge is 0.316 e. The molecule has 98 valence electrons. The Balaban J connectivity index is 2.61. The zero-order chi connectivity index (χ0) is 13.7. The number of pyridine rings is 1. The Morgan fingerprint density at radius 3 is 2.78 bits per heavy atom. The van der Waals surface area contributed by atoms with Gasteiger partial charge in [0.1, 0.15) is 6.20 Å². The third-order valence-electron chi connectivity index (χ3n) is 1.96. The number of esters is 1. The summed E-state index contributed by atoms with van der Waals surface area (Å²) in [6.45, 7) is 5.18. The molecule has 0 spiro atoms. The molecule has 1 heterocycles. The maximum atomic E-state index is 11.3. The van der Waals surface area contributed by atoms with Gasteiger partial charge in [0.2, 0.25) is 0 Å². The maximum absolute atomic E-state index is 11.3. The number of hydrogen-bond acceptors (Lipinski definition) is 6. The largest absolute Gasteiger partial charge is 0.462 e. The predicted molar refractivity (Wildman–Crippen MR) is 67.6 cm³/mol. The van der Waals surface area contributed by atoms with Crippen LogP contribution in [0.15, 0.2) is 17.3 Å². The lowest BCUT2D eigenvalue weighted by Crippen LogP contribution is -2.13. The van der Waals surface area contributed by atoms with Crippen LogP contribution < -0.4 is 0 Å². The Bertz CT molecular complexity index is 462. The number of carbonyl (C=O) groups is 1. The Kier molecular flexibility index (Phi) is 5.08. The molecule has 1 aromatic heterocycles. The number of thioether (sulfide) groups is 1. The first kappa shape index (κ1) is 14.4. The molecule has 1 rings (SSSR count). The Morgan fingerprint density at radius 1 is 1.61 bits per heavy atom. The zero-order valence-electron chi connectivity index (χ0n) is 10.4. The molecule has 0 aliphatic rings. The molecule has 0 amide bonds. The molecule has 0 N–H and O–H groups in total. The average Bonchev–Trinajstić information content (AvgIpc) is 2.25. The molecule has 0 saturated heterocycles. The molecule has 0 bridgehead atoms. The fourth-order valence-corrected chi connectivity index (χ4v) is 1.94. The van der Waals surface area contributed by atoms with E-state index in [0.29, 0.717) is 10.6 Å². The molecule has 0 unspecified atom stereocenters. The number of hydrogen-bond donors (Lipinski definition) is 0. The van der Waals surface area contributed by atoms with E-state index in [4.69, 9.17) is 4.74 Å². The van der Waals surface area contributed by atoms with Crippen molar-refractivity contribution in [2.24, 2.45) is 0 Å². The summed E-state index contributed by atoms with van der Waals surface area (Å²) in [7, 11) is 0. The quantitative estimate of drug-likeness (QED) is 0.353. The standard InChI is InChI=1S/C11H14N2O4S/c1-7(2)17-11(14)6-18-10-4-8(3)9(5-12-10)13(15)16/h4-5,7H,6H2,1-3H3. The first-order chi connectivity index (χ1) is 8.40. The van der Waals surface area contributed by atoms with E-state index in [1.54, 1.807) is 26.8 Å². The van der Waals surface area contributed by atoms with Crippen LogP contribution in [0.4, 0.5) is 5.69 Å². The zero-order valence-corrected chi connectivity index (χ0v) is 11.2. The van der Waals surface area contributed by atoms with Crippen LogP contribution in [0.2, 0.25) is 0 Å². The Hall–Kier alpha value is -1.63. The molecule has 1 aromatic rings. The topological polar surface area (TPSA) is 82.3 Å². The van der Waals surface area contributed by atoms with Crippen LogP contribution in [0.1, 0.15) is 19.4 Å². The summed E-state index contributed by atoms with van der Waals surface area (Å²) in [5, 5.41) is 11.2. The van der Waals surface area contributed by atoms with Gasteiger partial charge < -0.3 is 4.74 Å². The highest BCUT2D eigenvalue weighted by Crippen LogP contribution is 2.22. The molecule has 6 nitrogen and oxygen atoms in total. The lowest BCUT2D eigenvalue weighted by Gasteiger charge is -2.07. The lowest BCUT2D eigenvalue weighted by atomic mass is 10.3. The first-order valence-electron chi connectivity index (χ1n) is 5.33. The Morgan fingerprint density at radius 2 is 2.28 bits per heavy atom. The fraction of sp³-hybridized carbons (Fsp3) is 0.455. The minimum absolute atomic E-state index is 0.0240. The first-order valence-corrected chi connectivity index (χ1v) is 6.32. The van der Waals surface area contributed by atoms with Crippen molar-refractivity contribution in [1.29, 1.82) is 0 Å². The van der Waals surface area contributed by atoms with Gasteiger partial charge in [0.05, 0.1) is 21.8 Å². The van der Waals surface area contributed by atoms with Crippen LogP contribution in [0.5, 0.6) is 0 Å². The molecule has 0 aliphatic carbocycles. The molecule has 0 atom stereocenters. The van der Waals surface area contributed by atoms with Crippen molar-refractivity contribution in [2.75, 3.05) is 5.75 Å². The van der Waals surface area contributed by atoms with E-state index >= 15 is 0 Å². The normalized spacial score (nSPS) is 10.4. The van der Waals surface area contributed by atoms with E-state index in [9.17, 15) is 14.9 Å². The van der Waals surface area contributed by atoms with Crippen molar-refractivity contribution < 1.29 is 14.5 Å². The van der Waals surface area contributed by atoms with Gasteiger partial charge in [-0.3, -0.25) is 14.9 Å². The van der Waals surface area contributed by atoms with Crippen LogP contribution in [-0.4, -0.2) is 27.7 Å². The maximum Gasteiger partial charge on any atom is 0.316 e. The number of carbonyl (C=O) groups excluding carboxylic acids is 1. The number of nitro groups is 1. The van der Waals surface area contributed by atoms with Gasteiger partial charge in [0.15, 0.2) is 0 Å². The second-order valence-electron chi connectivity index (χ2n) is 3.89. The molecule has 7 heteroatoms. The summed E-state index contributed by atoms with van der Waals surface area (Å²) in [5.74, 6) is -0.185. The van der Waals surface area contributed by atoms with Gasteiger partial charge in [-0.1, -0.05) is 11.8 Å². The van der Waals surface area contributed by atoms with Crippen molar-refractivity contribution in [1.82, 2.24) is 4.98 Å².